The minimum absolute atomic E-state index is 0.0114. The summed E-state index contributed by atoms with van der Waals surface area (Å²) in [6, 6.07) is 7.98. The molecule has 1 N–H and O–H groups in total. The molecule has 4 heterocycles. The number of fused-ring (bicyclic) bond motifs is 1. The Bertz CT molecular complexity index is 1320. The third-order valence-electron chi connectivity index (χ3n) is 6.89. The molecule has 0 bridgehead atoms. The first-order valence-electron chi connectivity index (χ1n) is 11.7. The van der Waals surface area contributed by atoms with Crippen molar-refractivity contribution in [3.05, 3.63) is 53.1 Å². The number of hydrogen-bond acceptors (Lipinski definition) is 7. The van der Waals surface area contributed by atoms with Crippen molar-refractivity contribution in [1.82, 2.24) is 19.5 Å². The summed E-state index contributed by atoms with van der Waals surface area (Å²) >= 11 is 0. The predicted octanol–water partition coefficient (Wildman–Crippen LogP) is 2.87. The molecule has 5 rings (SSSR count). The molecule has 1 aromatic carbocycles. The van der Waals surface area contributed by atoms with E-state index >= 15 is 0 Å². The van der Waals surface area contributed by atoms with Crippen LogP contribution in [0.5, 0.6) is 5.75 Å². The van der Waals surface area contributed by atoms with Gasteiger partial charge in [-0.2, -0.15) is 10.4 Å². The first-order chi connectivity index (χ1) is 16.9. The molecule has 0 aliphatic carbocycles. The van der Waals surface area contributed by atoms with Crippen LogP contribution >= 0.6 is 0 Å². The fourth-order valence-electron chi connectivity index (χ4n) is 5.02. The molecule has 2 aliphatic heterocycles. The number of methoxy groups -OCH3 is 1. The second kappa shape index (κ2) is 9.15. The lowest BCUT2D eigenvalue weighted by Gasteiger charge is -2.34. The number of aryl methyl sites for hydroxylation is 1. The molecule has 0 unspecified atom stereocenters. The van der Waals surface area contributed by atoms with E-state index in [1.54, 1.807) is 15.5 Å². The number of carbonyl (C=O) groups excluding carboxylic acids is 1. The Morgan fingerprint density at radius 2 is 2.11 bits per heavy atom. The number of anilines is 1. The Balaban J connectivity index is 1.45. The Kier molecular flexibility index (Phi) is 6.03. The second-order valence-corrected chi connectivity index (χ2v) is 9.18. The number of rotatable bonds is 4. The molecule has 2 aromatic heterocycles. The number of aromatic nitrogens is 3. The number of carbonyl (C=O) groups is 1. The average molecular weight is 479 g/mol. The van der Waals surface area contributed by atoms with Crippen LogP contribution in [0.4, 0.5) is 10.2 Å². The predicted molar refractivity (Wildman–Crippen MR) is 126 cm³/mol. The zero-order valence-corrected chi connectivity index (χ0v) is 19.7. The molecule has 2 aliphatic rings. The molecule has 9 nitrogen and oxygen atoms in total. The molecule has 1 amide bonds. The van der Waals surface area contributed by atoms with E-state index in [1.165, 1.54) is 19.2 Å². The summed E-state index contributed by atoms with van der Waals surface area (Å²) in [6.45, 7) is 3.20. The van der Waals surface area contributed by atoms with E-state index in [1.807, 2.05) is 24.1 Å². The Labute approximate surface area is 202 Å². The lowest BCUT2D eigenvalue weighted by molar-refractivity contribution is 0.0601. The molecule has 2 fully saturated rings. The van der Waals surface area contributed by atoms with E-state index in [0.717, 1.165) is 24.8 Å². The van der Waals surface area contributed by atoms with Crippen LogP contribution in [-0.4, -0.2) is 63.4 Å². The van der Waals surface area contributed by atoms with Crippen LogP contribution in [0.2, 0.25) is 0 Å². The molecule has 3 atom stereocenters. The monoisotopic (exact) mass is 478 g/mol. The molecule has 10 heteroatoms. The van der Waals surface area contributed by atoms with Crippen LogP contribution in [0.1, 0.15) is 46.9 Å². The molecule has 0 radical (unpaired) electrons. The highest BCUT2D eigenvalue weighted by atomic mass is 19.1. The van der Waals surface area contributed by atoms with Crippen molar-refractivity contribution in [3.63, 3.8) is 0 Å². The molecule has 182 valence electrons. The van der Waals surface area contributed by atoms with Gasteiger partial charge in [0, 0.05) is 43.5 Å². The lowest BCUT2D eigenvalue weighted by Crippen LogP contribution is -2.39. The zero-order valence-electron chi connectivity index (χ0n) is 19.7. The number of nitrogens with zero attached hydrogens (tertiary/aromatic N) is 6. The highest BCUT2D eigenvalue weighted by Crippen LogP contribution is 2.33. The van der Waals surface area contributed by atoms with Gasteiger partial charge in [0.25, 0.3) is 5.91 Å². The number of likely N-dealkylation sites (tertiary alicyclic amines) is 1. The molecular formula is C25H27FN6O3. The van der Waals surface area contributed by atoms with Gasteiger partial charge in [0.1, 0.15) is 17.4 Å². The fourth-order valence-corrected chi connectivity index (χ4v) is 5.02. The van der Waals surface area contributed by atoms with Crippen molar-refractivity contribution in [2.24, 2.45) is 5.92 Å². The van der Waals surface area contributed by atoms with Crippen molar-refractivity contribution in [1.29, 1.82) is 5.26 Å². The average Bonchev–Trinajstić information content (AvgIpc) is 3.45. The van der Waals surface area contributed by atoms with Gasteiger partial charge >= 0.3 is 0 Å². The molecule has 0 spiro atoms. The first-order valence-corrected chi connectivity index (χ1v) is 11.7. The summed E-state index contributed by atoms with van der Waals surface area (Å²) in [4.78, 5) is 21.7. The molecular weight excluding hydrogens is 451 g/mol. The quantitative estimate of drug-likeness (QED) is 0.614. The zero-order chi connectivity index (χ0) is 24.7. The minimum atomic E-state index is -0.710. The Morgan fingerprint density at radius 3 is 2.83 bits per heavy atom. The van der Waals surface area contributed by atoms with Gasteiger partial charge in [0.05, 0.1) is 42.5 Å². The van der Waals surface area contributed by atoms with E-state index in [0.29, 0.717) is 42.5 Å². The standard InChI is InChI=1S/C25H27FN6O3/c1-15-12-32-23(28-24(15)30-13-16(11-27)22(33)14-30)10-20(29-32)21-5-3-4-8-31(21)25(34)18-7-6-17(35-2)9-19(18)26/h6-7,9-10,12,16,21-22,33H,3-5,8,13-14H2,1-2H3/t16-,21+,22+/m1/s1. The summed E-state index contributed by atoms with van der Waals surface area (Å²) in [7, 11) is 1.45. The minimum Gasteiger partial charge on any atom is -0.497 e. The van der Waals surface area contributed by atoms with E-state index in [9.17, 15) is 19.6 Å². The van der Waals surface area contributed by atoms with Gasteiger partial charge in [0.2, 0.25) is 0 Å². The van der Waals surface area contributed by atoms with Crippen LogP contribution in [-0.2, 0) is 0 Å². The van der Waals surface area contributed by atoms with Gasteiger partial charge < -0.3 is 19.6 Å². The van der Waals surface area contributed by atoms with Crippen molar-refractivity contribution in [2.75, 3.05) is 31.6 Å². The van der Waals surface area contributed by atoms with Gasteiger partial charge in [-0.3, -0.25) is 4.79 Å². The number of aliphatic hydroxyl groups excluding tert-OH is 1. The van der Waals surface area contributed by atoms with E-state index in [-0.39, 0.29) is 17.5 Å². The second-order valence-electron chi connectivity index (χ2n) is 9.18. The summed E-state index contributed by atoms with van der Waals surface area (Å²) in [6.07, 6.45) is 3.66. The topological polar surface area (TPSA) is 107 Å². The lowest BCUT2D eigenvalue weighted by atomic mass is 9.98. The third kappa shape index (κ3) is 4.17. The summed E-state index contributed by atoms with van der Waals surface area (Å²) in [5, 5.41) is 24.1. The number of amides is 1. The van der Waals surface area contributed by atoms with E-state index < -0.39 is 17.8 Å². The summed E-state index contributed by atoms with van der Waals surface area (Å²) < 4.78 is 21.4. The number of β-amino-alcohol motifs (C(OH)–C–C–N with tert-alkyl or cyclic N) is 1. The normalized spacial score (nSPS) is 22.4. The van der Waals surface area contributed by atoms with E-state index in [4.69, 9.17) is 14.8 Å². The van der Waals surface area contributed by atoms with Crippen LogP contribution < -0.4 is 9.64 Å². The smallest absolute Gasteiger partial charge is 0.257 e. The maximum atomic E-state index is 14.7. The Morgan fingerprint density at radius 1 is 1.29 bits per heavy atom. The maximum absolute atomic E-state index is 14.7. The van der Waals surface area contributed by atoms with Crippen LogP contribution in [0.15, 0.2) is 30.5 Å². The molecule has 0 saturated carbocycles. The van der Waals surface area contributed by atoms with Crippen molar-refractivity contribution < 1.29 is 19.0 Å². The highest BCUT2D eigenvalue weighted by molar-refractivity contribution is 5.95. The number of halogens is 1. The van der Waals surface area contributed by atoms with Crippen molar-refractivity contribution in [3.8, 4) is 11.8 Å². The number of aliphatic hydroxyl groups is 1. The number of ether oxygens (including phenoxy) is 1. The number of hydrogen-bond donors (Lipinski definition) is 1. The number of piperidine rings is 1. The SMILES string of the molecule is COc1ccc(C(=O)N2CCCC[C@H]2c2cc3nc(N4C[C@@H](C#N)[C@@H](O)C4)c(C)cn3n2)c(F)c1. The molecule has 35 heavy (non-hydrogen) atoms. The van der Waals surface area contributed by atoms with Crippen LogP contribution in [0.3, 0.4) is 0 Å². The summed E-state index contributed by atoms with van der Waals surface area (Å²) in [5.74, 6) is -0.367. The van der Waals surface area contributed by atoms with Crippen molar-refractivity contribution in [2.45, 2.75) is 38.3 Å². The van der Waals surface area contributed by atoms with Gasteiger partial charge in [-0.05, 0) is 38.3 Å². The third-order valence-corrected chi connectivity index (χ3v) is 6.89. The van der Waals surface area contributed by atoms with Gasteiger partial charge in [-0.25, -0.2) is 13.9 Å². The molecule has 2 saturated heterocycles. The highest BCUT2D eigenvalue weighted by Gasteiger charge is 2.34. The van der Waals surface area contributed by atoms with Gasteiger partial charge in [-0.1, -0.05) is 0 Å². The van der Waals surface area contributed by atoms with E-state index in [2.05, 4.69) is 6.07 Å². The van der Waals surface area contributed by atoms with Gasteiger partial charge in [-0.15, -0.1) is 0 Å². The number of benzene rings is 1. The Hall–Kier alpha value is -3.71. The summed E-state index contributed by atoms with van der Waals surface area (Å²) in [5.41, 5.74) is 2.20. The largest absolute Gasteiger partial charge is 0.497 e. The van der Waals surface area contributed by atoms with Gasteiger partial charge in [0.15, 0.2) is 5.65 Å². The van der Waals surface area contributed by atoms with Crippen LogP contribution in [0.25, 0.3) is 5.65 Å². The molecule has 3 aromatic rings. The maximum Gasteiger partial charge on any atom is 0.257 e. The van der Waals surface area contributed by atoms with Crippen LogP contribution in [0, 0.1) is 30.0 Å². The number of nitriles is 1. The first kappa shape index (κ1) is 23.1. The fraction of sp³-hybridized carbons (Fsp3) is 0.440. The van der Waals surface area contributed by atoms with Crippen molar-refractivity contribution >= 4 is 17.4 Å².